The van der Waals surface area contributed by atoms with Crippen LogP contribution >= 0.6 is 0 Å². The zero-order valence-electron chi connectivity index (χ0n) is 10.6. The second kappa shape index (κ2) is 6.55. The lowest BCUT2D eigenvalue weighted by Gasteiger charge is -2.25. The maximum absolute atomic E-state index is 5.56. The lowest BCUT2D eigenvalue weighted by molar-refractivity contribution is -0.125. The molecule has 0 radical (unpaired) electrons. The van der Waals surface area contributed by atoms with Crippen molar-refractivity contribution in [2.45, 2.75) is 25.8 Å². The molecule has 0 amide bonds. The molecule has 0 aliphatic carbocycles. The predicted octanol–water partition coefficient (Wildman–Crippen LogP) is 0.0349. The molecule has 0 aliphatic heterocycles. The Hall–Kier alpha value is -1.15. The number of methoxy groups -OCH3 is 3. The fraction of sp³-hybridized carbons (Fsp3) is 0.700. The van der Waals surface area contributed by atoms with Crippen molar-refractivity contribution in [3.63, 3.8) is 0 Å². The van der Waals surface area contributed by atoms with Crippen LogP contribution in [0.15, 0.2) is 6.20 Å². The fourth-order valence-corrected chi connectivity index (χ4v) is 1.76. The van der Waals surface area contributed by atoms with Gasteiger partial charge in [0.1, 0.15) is 11.7 Å². The van der Waals surface area contributed by atoms with E-state index < -0.39 is 6.29 Å². The van der Waals surface area contributed by atoms with E-state index in [0.717, 1.165) is 5.69 Å². The third-order valence-electron chi connectivity index (χ3n) is 2.58. The summed E-state index contributed by atoms with van der Waals surface area (Å²) in [5.41, 5.74) is 3.46. The number of nitrogens with two attached hydrogens (primary N) is 1. The van der Waals surface area contributed by atoms with E-state index in [-0.39, 0.29) is 6.04 Å². The van der Waals surface area contributed by atoms with Gasteiger partial charge < -0.3 is 14.2 Å². The zero-order valence-corrected chi connectivity index (χ0v) is 10.6. The topological polar surface area (TPSA) is 83.6 Å². The fourth-order valence-electron chi connectivity index (χ4n) is 1.76. The molecule has 1 aromatic heterocycles. The van der Waals surface area contributed by atoms with Gasteiger partial charge in [-0.3, -0.25) is 10.5 Å². The lowest BCUT2D eigenvalue weighted by Crippen LogP contribution is -2.40. The van der Waals surface area contributed by atoms with Crippen LogP contribution in [-0.2, 0) is 16.0 Å². The summed E-state index contributed by atoms with van der Waals surface area (Å²) in [6.07, 6.45) is 1.13. The monoisotopic (exact) mass is 244 g/mol. The number of hydrogen-bond acceptors (Lipinski definition) is 6. The maximum atomic E-state index is 5.56. The van der Waals surface area contributed by atoms with E-state index in [1.165, 1.54) is 0 Å². The summed E-state index contributed by atoms with van der Waals surface area (Å²) in [7, 11) is 4.69. The second-order valence-corrected chi connectivity index (χ2v) is 3.40. The summed E-state index contributed by atoms with van der Waals surface area (Å²) < 4.78 is 17.5. The van der Waals surface area contributed by atoms with E-state index in [2.05, 4.69) is 10.5 Å². The van der Waals surface area contributed by atoms with Crippen molar-refractivity contribution >= 4 is 0 Å². The number of aryl methyl sites for hydroxylation is 1. The first-order valence-corrected chi connectivity index (χ1v) is 5.34. The first-order chi connectivity index (χ1) is 8.23. The minimum atomic E-state index is -0.518. The van der Waals surface area contributed by atoms with Crippen molar-refractivity contribution in [1.29, 1.82) is 0 Å². The van der Waals surface area contributed by atoms with Crippen LogP contribution in [0.25, 0.3) is 0 Å². The van der Waals surface area contributed by atoms with Crippen LogP contribution in [0.4, 0.5) is 0 Å². The van der Waals surface area contributed by atoms with Gasteiger partial charge in [-0.05, 0) is 6.92 Å². The van der Waals surface area contributed by atoms with Crippen LogP contribution in [0.2, 0.25) is 0 Å². The van der Waals surface area contributed by atoms with Crippen LogP contribution in [0.3, 0.4) is 0 Å². The summed E-state index contributed by atoms with van der Waals surface area (Å²) in [5, 5.41) is 4.21. The molecule has 1 aromatic rings. The number of ether oxygens (including phenoxy) is 3. The first-order valence-electron chi connectivity index (χ1n) is 5.34. The minimum absolute atomic E-state index is 0.359. The summed E-state index contributed by atoms with van der Waals surface area (Å²) in [6, 6.07) is -0.359. The van der Waals surface area contributed by atoms with Gasteiger partial charge in [-0.1, -0.05) is 0 Å². The van der Waals surface area contributed by atoms with Gasteiger partial charge in [-0.2, -0.15) is 5.10 Å². The molecule has 0 fully saturated rings. The summed E-state index contributed by atoms with van der Waals surface area (Å²) >= 11 is 0. The molecule has 3 N–H and O–H groups in total. The van der Waals surface area contributed by atoms with Crippen LogP contribution in [0, 0.1) is 0 Å². The molecule has 1 unspecified atom stereocenters. The predicted molar refractivity (Wildman–Crippen MR) is 62.3 cm³/mol. The Morgan fingerprint density at radius 1 is 1.41 bits per heavy atom. The molecule has 1 rings (SSSR count). The first kappa shape index (κ1) is 13.9. The normalized spacial score (nSPS) is 13.1. The Morgan fingerprint density at radius 3 is 2.47 bits per heavy atom. The third-order valence-corrected chi connectivity index (χ3v) is 2.58. The van der Waals surface area contributed by atoms with E-state index in [4.69, 9.17) is 20.1 Å². The van der Waals surface area contributed by atoms with Gasteiger partial charge in [0.25, 0.3) is 0 Å². The standard InChI is InChI=1S/C10H20N4O3/c1-5-14-9(7(15-2)6-12-14)8(13-11)10(16-3)17-4/h6,8,10,13H,5,11H2,1-4H3. The Balaban J connectivity index is 3.12. The smallest absolute Gasteiger partial charge is 0.179 e. The molecular formula is C10H20N4O3. The highest BCUT2D eigenvalue weighted by molar-refractivity contribution is 5.28. The number of hydrogen-bond donors (Lipinski definition) is 2. The Bertz CT molecular complexity index is 317. The van der Waals surface area contributed by atoms with Gasteiger partial charge in [0.05, 0.1) is 13.3 Å². The average molecular weight is 244 g/mol. The van der Waals surface area contributed by atoms with Crippen LogP contribution in [0.5, 0.6) is 5.75 Å². The van der Waals surface area contributed by atoms with Crippen molar-refractivity contribution in [3.05, 3.63) is 11.9 Å². The van der Waals surface area contributed by atoms with E-state index in [1.807, 2.05) is 6.92 Å². The Morgan fingerprint density at radius 2 is 2.06 bits per heavy atom. The van der Waals surface area contributed by atoms with E-state index in [9.17, 15) is 0 Å². The van der Waals surface area contributed by atoms with Gasteiger partial charge in [0, 0.05) is 20.8 Å². The number of nitrogens with zero attached hydrogens (tertiary/aromatic N) is 2. The van der Waals surface area contributed by atoms with Crippen molar-refractivity contribution < 1.29 is 14.2 Å². The number of hydrazine groups is 1. The Kier molecular flexibility index (Phi) is 5.36. The van der Waals surface area contributed by atoms with Crippen LogP contribution in [0.1, 0.15) is 18.7 Å². The highest BCUT2D eigenvalue weighted by Gasteiger charge is 2.28. The van der Waals surface area contributed by atoms with Crippen molar-refractivity contribution in [2.24, 2.45) is 5.84 Å². The van der Waals surface area contributed by atoms with Gasteiger partial charge in [-0.25, -0.2) is 5.43 Å². The molecular weight excluding hydrogens is 224 g/mol. The molecule has 0 saturated carbocycles. The van der Waals surface area contributed by atoms with Crippen LogP contribution in [-0.4, -0.2) is 37.4 Å². The molecule has 0 aliphatic rings. The highest BCUT2D eigenvalue weighted by atomic mass is 16.7. The van der Waals surface area contributed by atoms with Crippen molar-refractivity contribution in [2.75, 3.05) is 21.3 Å². The van der Waals surface area contributed by atoms with Gasteiger partial charge in [-0.15, -0.1) is 0 Å². The van der Waals surface area contributed by atoms with Crippen LogP contribution < -0.4 is 16.0 Å². The molecule has 0 saturated heterocycles. The van der Waals surface area contributed by atoms with E-state index in [0.29, 0.717) is 12.3 Å². The molecule has 1 atom stereocenters. The minimum Gasteiger partial charge on any atom is -0.493 e. The molecule has 1 heterocycles. The molecule has 17 heavy (non-hydrogen) atoms. The number of aromatic nitrogens is 2. The van der Waals surface area contributed by atoms with Gasteiger partial charge in [0.15, 0.2) is 12.0 Å². The third kappa shape index (κ3) is 2.75. The SMILES string of the molecule is CCn1ncc(OC)c1C(NN)C(OC)OC. The zero-order chi connectivity index (χ0) is 12.8. The largest absolute Gasteiger partial charge is 0.493 e. The van der Waals surface area contributed by atoms with Gasteiger partial charge in [0.2, 0.25) is 0 Å². The molecule has 7 heteroatoms. The van der Waals surface area contributed by atoms with Crippen molar-refractivity contribution in [1.82, 2.24) is 15.2 Å². The Labute approximate surface area is 101 Å². The molecule has 0 spiro atoms. The van der Waals surface area contributed by atoms with Crippen molar-refractivity contribution in [3.8, 4) is 5.75 Å². The maximum Gasteiger partial charge on any atom is 0.179 e. The molecule has 0 bridgehead atoms. The van der Waals surface area contributed by atoms with Gasteiger partial charge >= 0.3 is 0 Å². The average Bonchev–Trinajstić information content (AvgIpc) is 2.78. The van der Waals surface area contributed by atoms with E-state index in [1.54, 1.807) is 32.2 Å². The highest BCUT2D eigenvalue weighted by Crippen LogP contribution is 2.28. The van der Waals surface area contributed by atoms with E-state index >= 15 is 0 Å². The summed E-state index contributed by atoms with van der Waals surface area (Å²) in [6.45, 7) is 2.69. The second-order valence-electron chi connectivity index (χ2n) is 3.40. The quantitative estimate of drug-likeness (QED) is 0.400. The lowest BCUT2D eigenvalue weighted by atomic mass is 10.2. The molecule has 7 nitrogen and oxygen atoms in total. The number of rotatable bonds is 7. The number of nitrogens with one attached hydrogen (secondary N) is 1. The summed E-state index contributed by atoms with van der Waals surface area (Å²) in [4.78, 5) is 0. The molecule has 0 aromatic carbocycles. The molecule has 98 valence electrons. The summed E-state index contributed by atoms with van der Waals surface area (Å²) in [5.74, 6) is 6.20.